The van der Waals surface area contributed by atoms with Gasteiger partial charge in [0.2, 0.25) is 6.43 Å². The van der Waals surface area contributed by atoms with Crippen LogP contribution < -0.4 is 5.32 Å². The summed E-state index contributed by atoms with van der Waals surface area (Å²) in [5.41, 5.74) is 0.918. The van der Waals surface area contributed by atoms with Crippen LogP contribution in [-0.2, 0) is 0 Å². The van der Waals surface area contributed by atoms with Gasteiger partial charge in [-0.1, -0.05) is 23.7 Å². The van der Waals surface area contributed by atoms with Gasteiger partial charge >= 0.3 is 0 Å². The molecule has 2 nitrogen and oxygen atoms in total. The van der Waals surface area contributed by atoms with Crippen molar-refractivity contribution in [3.63, 3.8) is 0 Å². The second-order valence-corrected chi connectivity index (χ2v) is 4.92. The molecule has 0 saturated carbocycles. The van der Waals surface area contributed by atoms with E-state index in [1.807, 2.05) is 12.1 Å². The van der Waals surface area contributed by atoms with E-state index in [2.05, 4.69) is 10.2 Å². The van der Waals surface area contributed by atoms with Gasteiger partial charge in [0.15, 0.2) is 0 Å². The van der Waals surface area contributed by atoms with E-state index in [-0.39, 0.29) is 12.5 Å². The maximum Gasteiger partial charge on any atom is 0.240 e. The summed E-state index contributed by atoms with van der Waals surface area (Å²) in [5, 5.41) is 3.87. The van der Waals surface area contributed by atoms with Crippen LogP contribution in [0.25, 0.3) is 0 Å². The summed E-state index contributed by atoms with van der Waals surface area (Å²) < 4.78 is 25.5. The van der Waals surface area contributed by atoms with E-state index in [0.717, 1.165) is 31.7 Å². The van der Waals surface area contributed by atoms with E-state index in [0.29, 0.717) is 5.02 Å². The second kappa shape index (κ2) is 6.45. The standard InChI is InChI=1S/C13H17ClF2N2/c14-11-3-1-10(2-4-11)12(9-13(15)16)18-7-5-17-6-8-18/h1-4,12-13,17H,5-9H2/t12-/m0/s1. The van der Waals surface area contributed by atoms with Gasteiger partial charge in [-0.25, -0.2) is 8.78 Å². The van der Waals surface area contributed by atoms with Crippen molar-refractivity contribution < 1.29 is 8.78 Å². The molecule has 1 aliphatic rings. The van der Waals surface area contributed by atoms with Gasteiger partial charge in [0, 0.05) is 43.7 Å². The Kier molecular flexibility index (Phi) is 4.92. The molecule has 0 amide bonds. The number of halogens is 3. The van der Waals surface area contributed by atoms with Gasteiger partial charge < -0.3 is 5.32 Å². The smallest absolute Gasteiger partial charge is 0.240 e. The fraction of sp³-hybridized carbons (Fsp3) is 0.538. The lowest BCUT2D eigenvalue weighted by Crippen LogP contribution is -2.45. The summed E-state index contributed by atoms with van der Waals surface area (Å²) in [6, 6.07) is 6.99. The molecular formula is C13H17ClF2N2. The lowest BCUT2D eigenvalue weighted by Gasteiger charge is -2.35. The highest BCUT2D eigenvalue weighted by molar-refractivity contribution is 6.30. The van der Waals surface area contributed by atoms with Crippen LogP contribution in [0.5, 0.6) is 0 Å². The zero-order chi connectivity index (χ0) is 13.0. The normalized spacial score (nSPS) is 19.1. The van der Waals surface area contributed by atoms with E-state index in [1.54, 1.807) is 12.1 Å². The van der Waals surface area contributed by atoms with Crippen LogP contribution in [0.1, 0.15) is 18.0 Å². The number of rotatable bonds is 4. The molecule has 1 saturated heterocycles. The van der Waals surface area contributed by atoms with Crippen LogP contribution >= 0.6 is 11.6 Å². The van der Waals surface area contributed by atoms with Crippen molar-refractivity contribution in [2.75, 3.05) is 26.2 Å². The van der Waals surface area contributed by atoms with Crippen molar-refractivity contribution in [2.45, 2.75) is 18.9 Å². The summed E-state index contributed by atoms with van der Waals surface area (Å²) in [7, 11) is 0. The van der Waals surface area contributed by atoms with E-state index < -0.39 is 6.43 Å². The minimum atomic E-state index is -2.29. The predicted octanol–water partition coefficient (Wildman–Crippen LogP) is 2.94. The molecule has 5 heteroatoms. The number of alkyl halides is 2. The van der Waals surface area contributed by atoms with Crippen LogP contribution in [0.3, 0.4) is 0 Å². The van der Waals surface area contributed by atoms with Crippen molar-refractivity contribution in [1.29, 1.82) is 0 Å². The molecule has 1 aromatic carbocycles. The fourth-order valence-corrected chi connectivity index (χ4v) is 2.47. The molecule has 0 spiro atoms. The molecule has 0 aromatic heterocycles. The molecule has 1 N–H and O–H groups in total. The Morgan fingerprint density at radius 1 is 1.17 bits per heavy atom. The Balaban J connectivity index is 2.15. The maximum atomic E-state index is 12.7. The Bertz CT molecular complexity index is 364. The monoisotopic (exact) mass is 274 g/mol. The topological polar surface area (TPSA) is 15.3 Å². The first-order chi connectivity index (χ1) is 8.66. The van der Waals surface area contributed by atoms with E-state index in [9.17, 15) is 8.78 Å². The first-order valence-electron chi connectivity index (χ1n) is 6.15. The first-order valence-corrected chi connectivity index (χ1v) is 6.53. The molecule has 0 aliphatic carbocycles. The molecule has 0 bridgehead atoms. The van der Waals surface area contributed by atoms with Gasteiger partial charge in [-0.2, -0.15) is 0 Å². The predicted molar refractivity (Wildman–Crippen MR) is 69.3 cm³/mol. The number of benzene rings is 1. The summed E-state index contributed by atoms with van der Waals surface area (Å²) >= 11 is 5.84. The zero-order valence-corrected chi connectivity index (χ0v) is 10.8. The summed E-state index contributed by atoms with van der Waals surface area (Å²) in [6.45, 7) is 3.32. The van der Waals surface area contributed by atoms with Crippen molar-refractivity contribution in [3.05, 3.63) is 34.9 Å². The average Bonchev–Trinajstić information content (AvgIpc) is 2.38. The third-order valence-corrected chi connectivity index (χ3v) is 3.50. The molecule has 1 atom stereocenters. The SMILES string of the molecule is FC(F)C[C@@H](c1ccc(Cl)cc1)N1CCNCC1. The molecular weight excluding hydrogens is 258 g/mol. The largest absolute Gasteiger partial charge is 0.314 e. The lowest BCUT2D eigenvalue weighted by atomic mass is 10.0. The van der Waals surface area contributed by atoms with Gasteiger partial charge in [0.25, 0.3) is 0 Å². The highest BCUT2D eigenvalue weighted by Gasteiger charge is 2.25. The van der Waals surface area contributed by atoms with Crippen molar-refractivity contribution >= 4 is 11.6 Å². The summed E-state index contributed by atoms with van der Waals surface area (Å²) in [6.07, 6.45) is -2.41. The number of nitrogens with one attached hydrogen (secondary N) is 1. The molecule has 0 radical (unpaired) electrons. The Morgan fingerprint density at radius 2 is 1.78 bits per heavy atom. The van der Waals surface area contributed by atoms with Crippen LogP contribution in [0, 0.1) is 0 Å². The summed E-state index contributed by atoms with van der Waals surface area (Å²) in [5.74, 6) is 0. The average molecular weight is 275 g/mol. The van der Waals surface area contributed by atoms with E-state index in [1.165, 1.54) is 0 Å². The molecule has 1 aliphatic heterocycles. The first kappa shape index (κ1) is 13.7. The van der Waals surface area contributed by atoms with Crippen molar-refractivity contribution in [3.8, 4) is 0 Å². The quantitative estimate of drug-likeness (QED) is 0.908. The number of nitrogens with zero attached hydrogens (tertiary/aromatic N) is 1. The maximum absolute atomic E-state index is 12.7. The summed E-state index contributed by atoms with van der Waals surface area (Å²) in [4.78, 5) is 2.12. The van der Waals surface area contributed by atoms with Crippen LogP contribution in [0.15, 0.2) is 24.3 Å². The molecule has 18 heavy (non-hydrogen) atoms. The van der Waals surface area contributed by atoms with Crippen LogP contribution in [-0.4, -0.2) is 37.5 Å². The lowest BCUT2D eigenvalue weighted by molar-refractivity contribution is 0.0739. The fourth-order valence-electron chi connectivity index (χ4n) is 2.34. The molecule has 2 rings (SSSR count). The van der Waals surface area contributed by atoms with E-state index >= 15 is 0 Å². The third-order valence-electron chi connectivity index (χ3n) is 3.25. The van der Waals surface area contributed by atoms with E-state index in [4.69, 9.17) is 11.6 Å². The Morgan fingerprint density at radius 3 is 2.33 bits per heavy atom. The van der Waals surface area contributed by atoms with Crippen molar-refractivity contribution in [1.82, 2.24) is 10.2 Å². The minimum Gasteiger partial charge on any atom is -0.314 e. The van der Waals surface area contributed by atoms with Gasteiger partial charge in [-0.3, -0.25) is 4.90 Å². The number of piperazine rings is 1. The zero-order valence-electron chi connectivity index (χ0n) is 10.1. The van der Waals surface area contributed by atoms with Crippen molar-refractivity contribution in [2.24, 2.45) is 0 Å². The highest BCUT2D eigenvalue weighted by atomic mass is 35.5. The third kappa shape index (κ3) is 3.64. The number of hydrogen-bond acceptors (Lipinski definition) is 2. The van der Waals surface area contributed by atoms with Gasteiger partial charge in [0.1, 0.15) is 0 Å². The molecule has 0 unspecified atom stereocenters. The molecule has 1 heterocycles. The minimum absolute atomic E-state index is 0.123. The van der Waals surface area contributed by atoms with Crippen LogP contribution in [0.4, 0.5) is 8.78 Å². The molecule has 1 aromatic rings. The van der Waals surface area contributed by atoms with Gasteiger partial charge in [0.05, 0.1) is 0 Å². The van der Waals surface area contributed by atoms with Gasteiger partial charge in [-0.05, 0) is 17.7 Å². The number of hydrogen-bond donors (Lipinski definition) is 1. The second-order valence-electron chi connectivity index (χ2n) is 4.48. The van der Waals surface area contributed by atoms with Gasteiger partial charge in [-0.15, -0.1) is 0 Å². The van der Waals surface area contributed by atoms with Crippen LogP contribution in [0.2, 0.25) is 5.02 Å². The Hall–Kier alpha value is -0.710. The Labute approximate surface area is 111 Å². The highest BCUT2D eigenvalue weighted by Crippen LogP contribution is 2.28. The molecule has 100 valence electrons. The molecule has 1 fully saturated rings.